The molecule has 0 unspecified atom stereocenters. The molecule has 0 saturated heterocycles. The van der Waals surface area contributed by atoms with E-state index in [1.165, 1.54) is 18.3 Å². The highest BCUT2D eigenvalue weighted by atomic mass is 19.3. The maximum Gasteiger partial charge on any atom is 0.299 e. The summed E-state index contributed by atoms with van der Waals surface area (Å²) in [7, 11) is 1.31. The van der Waals surface area contributed by atoms with Crippen LogP contribution in [-0.2, 0) is 13.5 Å². The zero-order valence-corrected chi connectivity index (χ0v) is 15.8. The predicted molar refractivity (Wildman–Crippen MR) is 95.1 cm³/mol. The molecule has 5 rings (SSSR count). The smallest absolute Gasteiger partial charge is 0.299 e. The third-order valence-electron chi connectivity index (χ3n) is 5.05. The SMILES string of the molecule is Cn1nc(C(F)F)nc1C(=O)N1CCc2[nH]cnc2[C@H]1c1nc2c(F)ccc(F)c2o1. The lowest BCUT2D eigenvalue weighted by molar-refractivity contribution is 0.0649. The van der Waals surface area contributed by atoms with E-state index < -0.39 is 41.4 Å². The molecule has 3 aromatic heterocycles. The molecule has 1 aromatic carbocycles. The molecule has 13 heteroatoms. The van der Waals surface area contributed by atoms with Crippen LogP contribution in [0.5, 0.6) is 0 Å². The largest absolute Gasteiger partial charge is 0.435 e. The first-order valence-corrected chi connectivity index (χ1v) is 9.11. The lowest BCUT2D eigenvalue weighted by Gasteiger charge is -2.32. The average Bonchev–Trinajstić information content (AvgIpc) is 3.47. The van der Waals surface area contributed by atoms with Crippen molar-refractivity contribution < 1.29 is 26.8 Å². The molecule has 0 bridgehead atoms. The number of oxazole rings is 1. The second kappa shape index (κ2) is 6.89. The van der Waals surface area contributed by atoms with Crippen molar-refractivity contribution in [1.29, 1.82) is 0 Å². The minimum absolute atomic E-state index is 0.124. The second-order valence-electron chi connectivity index (χ2n) is 6.89. The molecule has 0 aliphatic carbocycles. The normalized spacial score (nSPS) is 16.3. The van der Waals surface area contributed by atoms with Gasteiger partial charge in [-0.25, -0.2) is 37.2 Å². The minimum atomic E-state index is -2.95. The fourth-order valence-corrected chi connectivity index (χ4v) is 3.64. The number of nitrogens with one attached hydrogen (secondary N) is 1. The van der Waals surface area contributed by atoms with Crippen LogP contribution in [0.25, 0.3) is 11.1 Å². The fourth-order valence-electron chi connectivity index (χ4n) is 3.64. The van der Waals surface area contributed by atoms with Crippen molar-refractivity contribution in [2.24, 2.45) is 7.05 Å². The third kappa shape index (κ3) is 2.95. The first-order valence-electron chi connectivity index (χ1n) is 9.11. The number of benzene rings is 1. The van der Waals surface area contributed by atoms with Crippen LogP contribution in [0, 0.1) is 11.6 Å². The Morgan fingerprint density at radius 2 is 2.03 bits per heavy atom. The summed E-state index contributed by atoms with van der Waals surface area (Å²) in [5, 5.41) is 3.56. The van der Waals surface area contributed by atoms with Crippen LogP contribution in [0.2, 0.25) is 0 Å². The van der Waals surface area contributed by atoms with Crippen LogP contribution in [0.1, 0.15) is 46.2 Å². The lowest BCUT2D eigenvalue weighted by atomic mass is 10.0. The van der Waals surface area contributed by atoms with Gasteiger partial charge in [0.25, 0.3) is 12.3 Å². The van der Waals surface area contributed by atoms with Gasteiger partial charge in [-0.15, -0.1) is 5.10 Å². The Morgan fingerprint density at radius 1 is 1.26 bits per heavy atom. The van der Waals surface area contributed by atoms with E-state index in [2.05, 4.69) is 25.0 Å². The molecule has 31 heavy (non-hydrogen) atoms. The van der Waals surface area contributed by atoms with Gasteiger partial charge in [0.1, 0.15) is 5.52 Å². The van der Waals surface area contributed by atoms with Gasteiger partial charge in [0, 0.05) is 25.7 Å². The molecule has 1 aliphatic rings. The Morgan fingerprint density at radius 3 is 2.74 bits per heavy atom. The Labute approximate surface area is 170 Å². The van der Waals surface area contributed by atoms with Gasteiger partial charge in [0.05, 0.1) is 12.0 Å². The summed E-state index contributed by atoms with van der Waals surface area (Å²) in [5.74, 6) is -3.63. The van der Waals surface area contributed by atoms with Crippen LogP contribution in [0.15, 0.2) is 22.9 Å². The van der Waals surface area contributed by atoms with E-state index in [1.54, 1.807) is 0 Å². The van der Waals surface area contributed by atoms with Crippen LogP contribution in [0.4, 0.5) is 17.6 Å². The molecule has 160 valence electrons. The summed E-state index contributed by atoms with van der Waals surface area (Å²) in [6, 6.07) is 0.765. The van der Waals surface area contributed by atoms with Crippen molar-refractivity contribution in [1.82, 2.24) is 34.6 Å². The number of alkyl halides is 2. The molecule has 1 atom stereocenters. The number of aromatic nitrogens is 6. The molecule has 1 aliphatic heterocycles. The molecule has 0 spiro atoms. The molecule has 1 N–H and O–H groups in total. The quantitative estimate of drug-likeness (QED) is 0.496. The number of rotatable bonds is 3. The number of amides is 1. The number of nitrogens with zero attached hydrogens (tertiary/aromatic N) is 6. The second-order valence-corrected chi connectivity index (χ2v) is 6.89. The topological polar surface area (TPSA) is 106 Å². The zero-order chi connectivity index (χ0) is 21.9. The summed E-state index contributed by atoms with van der Waals surface area (Å²) in [6.45, 7) is 0.124. The number of imidazole rings is 1. The minimum Gasteiger partial charge on any atom is -0.435 e. The number of hydrogen-bond acceptors (Lipinski definition) is 6. The highest BCUT2D eigenvalue weighted by molar-refractivity contribution is 5.91. The van der Waals surface area contributed by atoms with Crippen molar-refractivity contribution in [3.63, 3.8) is 0 Å². The van der Waals surface area contributed by atoms with Gasteiger partial charge >= 0.3 is 0 Å². The Hall–Kier alpha value is -3.77. The molecule has 1 amide bonds. The molecule has 4 aromatic rings. The van der Waals surface area contributed by atoms with Crippen LogP contribution >= 0.6 is 0 Å². The van der Waals surface area contributed by atoms with Gasteiger partial charge in [0.2, 0.25) is 17.5 Å². The number of carbonyl (C=O) groups excluding carboxylic acids is 1. The average molecular weight is 435 g/mol. The van der Waals surface area contributed by atoms with E-state index >= 15 is 0 Å². The van der Waals surface area contributed by atoms with Crippen molar-refractivity contribution in [2.75, 3.05) is 6.54 Å². The standard InChI is InChI=1S/C18H13F4N7O2/c1-28-16(26-15(27-28)14(21)22)18(30)29-5-4-9-11(24-6-23-9)12(29)17-25-10-7(19)2-3-8(20)13(10)31-17/h2-3,6,12,14H,4-5H2,1H3,(H,23,24)/t12-/m0/s1. The van der Waals surface area contributed by atoms with Gasteiger partial charge in [-0.1, -0.05) is 0 Å². The van der Waals surface area contributed by atoms with Crippen molar-refractivity contribution in [3.05, 3.63) is 59.0 Å². The number of carbonyl (C=O) groups is 1. The van der Waals surface area contributed by atoms with E-state index in [1.807, 2.05) is 0 Å². The van der Waals surface area contributed by atoms with Gasteiger partial charge in [-0.2, -0.15) is 0 Å². The number of hydrogen-bond donors (Lipinski definition) is 1. The lowest BCUT2D eigenvalue weighted by Crippen LogP contribution is -2.42. The Kier molecular flexibility index (Phi) is 4.27. The molecular weight excluding hydrogens is 422 g/mol. The summed E-state index contributed by atoms with van der Waals surface area (Å²) >= 11 is 0. The first-order chi connectivity index (χ1) is 14.8. The number of fused-ring (bicyclic) bond motifs is 2. The van der Waals surface area contributed by atoms with Crippen molar-refractivity contribution in [2.45, 2.75) is 18.9 Å². The summed E-state index contributed by atoms with van der Waals surface area (Å²) in [6.07, 6.45) is -1.17. The van der Waals surface area contributed by atoms with E-state index in [-0.39, 0.29) is 23.8 Å². The maximum absolute atomic E-state index is 14.2. The first kappa shape index (κ1) is 19.2. The molecule has 0 radical (unpaired) electrons. The molecule has 0 fully saturated rings. The van der Waals surface area contributed by atoms with Crippen LogP contribution in [0.3, 0.4) is 0 Å². The maximum atomic E-state index is 14.2. The number of aryl methyl sites for hydroxylation is 1. The summed E-state index contributed by atoms with van der Waals surface area (Å²) in [5.41, 5.74) is 0.319. The number of halogens is 4. The summed E-state index contributed by atoms with van der Waals surface area (Å²) < 4.78 is 60.7. The van der Waals surface area contributed by atoms with Gasteiger partial charge < -0.3 is 14.3 Å². The summed E-state index contributed by atoms with van der Waals surface area (Å²) in [4.78, 5) is 29.3. The Balaban J connectivity index is 1.63. The van der Waals surface area contributed by atoms with Crippen molar-refractivity contribution in [3.8, 4) is 0 Å². The Bertz CT molecular complexity index is 1270. The zero-order valence-electron chi connectivity index (χ0n) is 15.8. The fraction of sp³-hybridized carbons (Fsp3) is 0.278. The molecule has 0 saturated carbocycles. The van der Waals surface area contributed by atoms with Crippen LogP contribution < -0.4 is 0 Å². The highest BCUT2D eigenvalue weighted by Gasteiger charge is 2.40. The monoisotopic (exact) mass is 435 g/mol. The molecular formula is C18H13F4N7O2. The van der Waals surface area contributed by atoms with E-state index in [0.717, 1.165) is 16.8 Å². The van der Waals surface area contributed by atoms with Crippen molar-refractivity contribution >= 4 is 17.0 Å². The van der Waals surface area contributed by atoms with Gasteiger partial charge in [-0.3, -0.25) is 4.79 Å². The third-order valence-corrected chi connectivity index (χ3v) is 5.05. The van der Waals surface area contributed by atoms with Crippen LogP contribution in [-0.4, -0.2) is 47.1 Å². The van der Waals surface area contributed by atoms with E-state index in [4.69, 9.17) is 4.42 Å². The number of aromatic amines is 1. The highest BCUT2D eigenvalue weighted by Crippen LogP contribution is 2.36. The molecule has 4 heterocycles. The van der Waals surface area contributed by atoms with Gasteiger partial charge in [0.15, 0.2) is 23.3 Å². The van der Waals surface area contributed by atoms with Gasteiger partial charge in [-0.05, 0) is 12.1 Å². The van der Waals surface area contributed by atoms with E-state index in [0.29, 0.717) is 17.8 Å². The number of H-pyrrole nitrogens is 1. The molecule has 9 nitrogen and oxygen atoms in total. The predicted octanol–water partition coefficient (Wildman–Crippen LogP) is 2.68. The van der Waals surface area contributed by atoms with E-state index in [9.17, 15) is 22.4 Å².